The van der Waals surface area contributed by atoms with E-state index in [9.17, 15) is 10.1 Å². The first kappa shape index (κ1) is 12.1. The summed E-state index contributed by atoms with van der Waals surface area (Å²) in [7, 11) is 1.65. The lowest BCUT2D eigenvalue weighted by Gasteiger charge is -2.09. The molecule has 0 aliphatic carbocycles. The Morgan fingerprint density at radius 1 is 1.73 bits per heavy atom. The summed E-state index contributed by atoms with van der Waals surface area (Å²) in [5.41, 5.74) is 0.940. The van der Waals surface area contributed by atoms with E-state index >= 15 is 0 Å². The highest BCUT2D eigenvalue weighted by Crippen LogP contribution is 2.22. The zero-order chi connectivity index (χ0) is 11.3. The summed E-state index contributed by atoms with van der Waals surface area (Å²) in [5, 5.41) is 15.6. The van der Waals surface area contributed by atoms with Crippen LogP contribution in [0.3, 0.4) is 0 Å². The van der Waals surface area contributed by atoms with Crippen molar-refractivity contribution in [2.45, 2.75) is 19.6 Å². The molecule has 1 aromatic heterocycles. The lowest BCUT2D eigenvalue weighted by molar-refractivity contribution is -0.380. The largest absolute Gasteiger partial charge is 0.380 e. The first-order valence-corrected chi connectivity index (χ1v) is 5.46. The molecule has 1 aromatic rings. The fourth-order valence-corrected chi connectivity index (χ4v) is 1.78. The van der Waals surface area contributed by atoms with Crippen LogP contribution in [-0.4, -0.2) is 24.7 Å². The molecular weight excluding hydrogens is 216 g/mol. The van der Waals surface area contributed by atoms with Crippen molar-refractivity contribution in [3.63, 3.8) is 0 Å². The van der Waals surface area contributed by atoms with E-state index in [0.717, 1.165) is 23.4 Å². The monoisotopic (exact) mass is 230 g/mol. The molecule has 0 fully saturated rings. The van der Waals surface area contributed by atoms with Crippen molar-refractivity contribution in [3.05, 3.63) is 27.1 Å². The maximum absolute atomic E-state index is 10.4. The standard InChI is InChI=1S/C9H14N2O3S/c1-7(14-2)4-10-5-8-3-9(11(12)13)15-6-8/h3,6-7,10H,4-5H2,1-2H3. The van der Waals surface area contributed by atoms with Gasteiger partial charge >= 0.3 is 5.00 Å². The molecule has 1 heterocycles. The number of hydrogen-bond donors (Lipinski definition) is 1. The zero-order valence-corrected chi connectivity index (χ0v) is 9.54. The van der Waals surface area contributed by atoms with Gasteiger partial charge in [-0.2, -0.15) is 0 Å². The first-order chi connectivity index (χ1) is 7.13. The van der Waals surface area contributed by atoms with Crippen LogP contribution in [0, 0.1) is 10.1 Å². The molecule has 0 aliphatic heterocycles. The lowest BCUT2D eigenvalue weighted by atomic mass is 10.3. The normalized spacial score (nSPS) is 12.7. The van der Waals surface area contributed by atoms with E-state index in [-0.39, 0.29) is 16.0 Å². The fourth-order valence-electron chi connectivity index (χ4n) is 1.05. The van der Waals surface area contributed by atoms with Gasteiger partial charge in [0, 0.05) is 31.6 Å². The number of nitro groups is 1. The quantitative estimate of drug-likeness (QED) is 0.597. The van der Waals surface area contributed by atoms with Crippen molar-refractivity contribution in [1.82, 2.24) is 5.32 Å². The highest BCUT2D eigenvalue weighted by atomic mass is 32.1. The second kappa shape index (κ2) is 5.79. The number of nitrogens with one attached hydrogen (secondary N) is 1. The molecule has 0 saturated heterocycles. The summed E-state index contributed by atoms with van der Waals surface area (Å²) in [5.74, 6) is 0. The number of hydrogen-bond acceptors (Lipinski definition) is 5. The summed E-state index contributed by atoms with van der Waals surface area (Å²) in [6, 6.07) is 1.59. The van der Waals surface area contributed by atoms with Gasteiger partial charge in [0.1, 0.15) is 0 Å². The van der Waals surface area contributed by atoms with Gasteiger partial charge in [-0.05, 0) is 12.5 Å². The molecule has 84 valence electrons. The Morgan fingerprint density at radius 2 is 2.47 bits per heavy atom. The SMILES string of the molecule is COC(C)CNCc1csc([N+](=O)[O-])c1. The van der Waals surface area contributed by atoms with E-state index in [1.54, 1.807) is 18.6 Å². The van der Waals surface area contributed by atoms with Gasteiger partial charge in [-0.15, -0.1) is 0 Å². The van der Waals surface area contributed by atoms with Crippen molar-refractivity contribution in [2.24, 2.45) is 0 Å². The highest BCUT2D eigenvalue weighted by molar-refractivity contribution is 7.13. The van der Waals surface area contributed by atoms with Crippen LogP contribution in [0.1, 0.15) is 12.5 Å². The Labute approximate surface area is 92.2 Å². The number of thiophene rings is 1. The van der Waals surface area contributed by atoms with Crippen molar-refractivity contribution >= 4 is 16.3 Å². The minimum Gasteiger partial charge on any atom is -0.380 e. The molecule has 15 heavy (non-hydrogen) atoms. The van der Waals surface area contributed by atoms with E-state index in [1.165, 1.54) is 0 Å². The maximum atomic E-state index is 10.4. The second-order valence-electron chi connectivity index (χ2n) is 3.23. The van der Waals surface area contributed by atoms with Crippen LogP contribution in [0.25, 0.3) is 0 Å². The predicted octanol–water partition coefficient (Wildman–Crippen LogP) is 1.78. The van der Waals surface area contributed by atoms with Crippen molar-refractivity contribution in [1.29, 1.82) is 0 Å². The van der Waals surface area contributed by atoms with Crippen LogP contribution < -0.4 is 5.32 Å². The average Bonchev–Trinajstić information content (AvgIpc) is 2.66. The van der Waals surface area contributed by atoms with Crippen molar-refractivity contribution in [2.75, 3.05) is 13.7 Å². The van der Waals surface area contributed by atoms with Crippen LogP contribution in [0.2, 0.25) is 0 Å². The zero-order valence-electron chi connectivity index (χ0n) is 8.73. The Hall–Kier alpha value is -0.980. The summed E-state index contributed by atoms with van der Waals surface area (Å²) in [6.45, 7) is 3.33. The summed E-state index contributed by atoms with van der Waals surface area (Å²) in [6.07, 6.45) is 0.152. The molecule has 0 radical (unpaired) electrons. The van der Waals surface area contributed by atoms with Crippen LogP contribution in [0.15, 0.2) is 11.4 Å². The first-order valence-electron chi connectivity index (χ1n) is 4.58. The Bertz CT molecular complexity index is 327. The van der Waals surface area contributed by atoms with Crippen molar-refractivity contribution in [3.8, 4) is 0 Å². The Kier molecular flexibility index (Phi) is 4.67. The maximum Gasteiger partial charge on any atom is 0.324 e. The molecule has 0 amide bonds. The lowest BCUT2D eigenvalue weighted by Crippen LogP contribution is -2.25. The molecule has 0 spiro atoms. The summed E-state index contributed by atoms with van der Waals surface area (Å²) >= 11 is 1.15. The number of ether oxygens (including phenoxy) is 1. The topological polar surface area (TPSA) is 64.4 Å². The fraction of sp³-hybridized carbons (Fsp3) is 0.556. The van der Waals surface area contributed by atoms with E-state index in [4.69, 9.17) is 4.74 Å². The molecule has 1 atom stereocenters. The minimum absolute atomic E-state index is 0.152. The molecule has 0 bridgehead atoms. The minimum atomic E-state index is -0.369. The van der Waals surface area contributed by atoms with E-state index in [2.05, 4.69) is 5.32 Å². The average molecular weight is 230 g/mol. The van der Waals surface area contributed by atoms with Gasteiger partial charge < -0.3 is 10.1 Å². The van der Waals surface area contributed by atoms with Gasteiger partial charge in [0.05, 0.1) is 11.0 Å². The molecule has 1 unspecified atom stereocenters. The van der Waals surface area contributed by atoms with Gasteiger partial charge in [0.15, 0.2) is 0 Å². The second-order valence-corrected chi connectivity index (χ2v) is 4.12. The van der Waals surface area contributed by atoms with E-state index in [0.29, 0.717) is 6.54 Å². The number of nitrogens with zero attached hydrogens (tertiary/aromatic N) is 1. The predicted molar refractivity (Wildman–Crippen MR) is 59.2 cm³/mol. The Morgan fingerprint density at radius 3 is 3.00 bits per heavy atom. The third-order valence-corrected chi connectivity index (χ3v) is 2.91. The van der Waals surface area contributed by atoms with E-state index in [1.807, 2.05) is 6.92 Å². The van der Waals surface area contributed by atoms with Crippen LogP contribution in [-0.2, 0) is 11.3 Å². The molecule has 1 rings (SSSR count). The van der Waals surface area contributed by atoms with Gasteiger partial charge in [0.25, 0.3) is 0 Å². The number of methoxy groups -OCH3 is 1. The van der Waals surface area contributed by atoms with Crippen LogP contribution >= 0.6 is 11.3 Å². The highest BCUT2D eigenvalue weighted by Gasteiger charge is 2.09. The van der Waals surface area contributed by atoms with Crippen LogP contribution in [0.4, 0.5) is 5.00 Å². The Balaban J connectivity index is 2.35. The molecule has 1 N–H and O–H groups in total. The third kappa shape index (κ3) is 3.94. The molecule has 0 aromatic carbocycles. The molecular formula is C9H14N2O3S. The molecule has 0 aliphatic rings. The van der Waals surface area contributed by atoms with Gasteiger partial charge in [-0.1, -0.05) is 11.3 Å². The smallest absolute Gasteiger partial charge is 0.324 e. The van der Waals surface area contributed by atoms with Crippen LogP contribution in [0.5, 0.6) is 0 Å². The third-order valence-electron chi connectivity index (χ3n) is 1.98. The van der Waals surface area contributed by atoms with E-state index < -0.39 is 0 Å². The van der Waals surface area contributed by atoms with Gasteiger partial charge in [-0.25, -0.2) is 0 Å². The number of rotatable bonds is 6. The summed E-state index contributed by atoms with van der Waals surface area (Å²) < 4.78 is 5.06. The molecule has 6 heteroatoms. The van der Waals surface area contributed by atoms with Crippen molar-refractivity contribution < 1.29 is 9.66 Å². The molecule has 0 saturated carbocycles. The van der Waals surface area contributed by atoms with Gasteiger partial charge in [-0.3, -0.25) is 10.1 Å². The summed E-state index contributed by atoms with van der Waals surface area (Å²) in [4.78, 5) is 10.0. The van der Waals surface area contributed by atoms with Gasteiger partial charge in [0.2, 0.25) is 0 Å². The molecule has 5 nitrogen and oxygen atoms in total.